The molecule has 1 heterocycles. The Labute approximate surface area is 115 Å². The lowest BCUT2D eigenvalue weighted by molar-refractivity contribution is -0.137. The molecule has 0 atom stereocenters. The number of amides is 5. The lowest BCUT2D eigenvalue weighted by Gasteiger charge is -2.10. The molecular formula is C11H7F3N4O3. The molecule has 4 N–H and O–H groups in total. The van der Waals surface area contributed by atoms with Crippen LogP contribution in [0.4, 0.5) is 28.4 Å². The van der Waals surface area contributed by atoms with Crippen molar-refractivity contribution in [3.8, 4) is 0 Å². The zero-order valence-corrected chi connectivity index (χ0v) is 10.1. The van der Waals surface area contributed by atoms with Crippen LogP contribution in [-0.4, -0.2) is 23.7 Å². The van der Waals surface area contributed by atoms with Crippen molar-refractivity contribution in [2.75, 3.05) is 5.32 Å². The van der Waals surface area contributed by atoms with Gasteiger partial charge in [-0.2, -0.15) is 18.2 Å². The fourth-order valence-corrected chi connectivity index (χ4v) is 1.78. The molecule has 0 bridgehead atoms. The van der Waals surface area contributed by atoms with Crippen molar-refractivity contribution in [2.24, 2.45) is 10.7 Å². The van der Waals surface area contributed by atoms with Crippen LogP contribution in [0.1, 0.15) is 11.1 Å². The van der Waals surface area contributed by atoms with Gasteiger partial charge < -0.3 is 11.1 Å². The van der Waals surface area contributed by atoms with Crippen molar-refractivity contribution in [1.82, 2.24) is 5.32 Å². The number of aliphatic imine (C=N–C) groups is 1. The summed E-state index contributed by atoms with van der Waals surface area (Å²) in [7, 11) is 0. The number of alkyl halides is 3. The van der Waals surface area contributed by atoms with Crippen molar-refractivity contribution in [3.63, 3.8) is 0 Å². The molecule has 0 radical (unpaired) electrons. The second-order valence-corrected chi connectivity index (χ2v) is 3.93. The van der Waals surface area contributed by atoms with Crippen molar-refractivity contribution < 1.29 is 27.6 Å². The van der Waals surface area contributed by atoms with E-state index >= 15 is 0 Å². The molecule has 0 aromatic heterocycles. The number of fused-ring (bicyclic) bond motifs is 1. The normalized spacial score (nSPS) is 15.6. The first-order valence-electron chi connectivity index (χ1n) is 5.41. The molecule has 0 saturated heterocycles. The SMILES string of the molecule is NC(=O)NC(=O)/N=C1\C(=O)Nc2cccc(C(F)(F)F)c21. The number of primary amides is 1. The van der Waals surface area contributed by atoms with Gasteiger partial charge in [-0.3, -0.25) is 10.1 Å². The summed E-state index contributed by atoms with van der Waals surface area (Å²) in [4.78, 5) is 36.5. The minimum atomic E-state index is -4.74. The monoisotopic (exact) mass is 300 g/mol. The molecule has 0 unspecified atom stereocenters. The van der Waals surface area contributed by atoms with Gasteiger partial charge >= 0.3 is 18.2 Å². The van der Waals surface area contributed by atoms with Gasteiger partial charge in [-0.15, -0.1) is 0 Å². The van der Waals surface area contributed by atoms with Crippen molar-refractivity contribution in [3.05, 3.63) is 29.3 Å². The highest BCUT2D eigenvalue weighted by Gasteiger charge is 2.40. The Hall–Kier alpha value is -2.91. The van der Waals surface area contributed by atoms with Gasteiger partial charge in [-0.25, -0.2) is 9.59 Å². The van der Waals surface area contributed by atoms with Gasteiger partial charge in [0.1, 0.15) is 5.71 Å². The zero-order valence-electron chi connectivity index (χ0n) is 10.1. The predicted octanol–water partition coefficient (Wildman–Crippen LogP) is 1.23. The second kappa shape index (κ2) is 4.89. The van der Waals surface area contributed by atoms with Gasteiger partial charge in [0.25, 0.3) is 5.91 Å². The Morgan fingerprint density at radius 2 is 1.95 bits per heavy atom. The van der Waals surface area contributed by atoms with Crippen LogP contribution in [0.5, 0.6) is 0 Å². The average molecular weight is 300 g/mol. The van der Waals surface area contributed by atoms with Crippen LogP contribution in [0.25, 0.3) is 0 Å². The molecule has 110 valence electrons. The molecule has 21 heavy (non-hydrogen) atoms. The number of hydrogen-bond donors (Lipinski definition) is 3. The number of nitrogens with one attached hydrogen (secondary N) is 2. The smallest absolute Gasteiger partial charge is 0.351 e. The number of rotatable bonds is 0. The molecule has 0 fully saturated rings. The molecule has 1 aromatic rings. The van der Waals surface area contributed by atoms with E-state index in [2.05, 4.69) is 16.0 Å². The maximum absolute atomic E-state index is 12.9. The third kappa shape index (κ3) is 2.83. The van der Waals surface area contributed by atoms with Gasteiger partial charge in [0.15, 0.2) is 0 Å². The Morgan fingerprint density at radius 3 is 2.52 bits per heavy atom. The van der Waals surface area contributed by atoms with E-state index < -0.39 is 41.0 Å². The Bertz CT molecular complexity index is 682. The van der Waals surface area contributed by atoms with E-state index in [0.29, 0.717) is 0 Å². The molecule has 0 aliphatic carbocycles. The minimum absolute atomic E-state index is 0.125. The summed E-state index contributed by atoms with van der Waals surface area (Å²) in [5.41, 5.74) is 2.14. The molecule has 10 heteroatoms. The van der Waals surface area contributed by atoms with Gasteiger partial charge in [-0.05, 0) is 12.1 Å². The number of carbonyl (C=O) groups excluding carboxylic acids is 3. The third-order valence-electron chi connectivity index (χ3n) is 2.51. The number of halogens is 3. The summed E-state index contributed by atoms with van der Waals surface area (Å²) >= 11 is 0. The van der Waals surface area contributed by atoms with E-state index in [9.17, 15) is 27.6 Å². The second-order valence-electron chi connectivity index (χ2n) is 3.93. The van der Waals surface area contributed by atoms with Crippen LogP contribution in [0.2, 0.25) is 0 Å². The van der Waals surface area contributed by atoms with Crippen LogP contribution >= 0.6 is 0 Å². The number of nitrogens with two attached hydrogens (primary N) is 1. The quantitative estimate of drug-likeness (QED) is 0.669. The van der Waals surface area contributed by atoms with E-state index in [0.717, 1.165) is 12.1 Å². The summed E-state index contributed by atoms with van der Waals surface area (Å²) in [5.74, 6) is -0.985. The van der Waals surface area contributed by atoms with Crippen LogP contribution < -0.4 is 16.4 Å². The first kappa shape index (κ1) is 14.5. The number of imide groups is 1. The van der Waals surface area contributed by atoms with E-state index in [1.165, 1.54) is 11.4 Å². The molecule has 5 amide bonds. The van der Waals surface area contributed by atoms with Crippen molar-refractivity contribution in [2.45, 2.75) is 6.18 Å². The topological polar surface area (TPSA) is 114 Å². The minimum Gasteiger partial charge on any atom is -0.351 e. The zero-order chi connectivity index (χ0) is 15.8. The molecule has 0 spiro atoms. The first-order valence-corrected chi connectivity index (χ1v) is 5.41. The highest BCUT2D eigenvalue weighted by molar-refractivity contribution is 6.55. The maximum atomic E-state index is 12.9. The van der Waals surface area contributed by atoms with Gasteiger partial charge in [0.2, 0.25) is 0 Å². The fourth-order valence-electron chi connectivity index (χ4n) is 1.78. The van der Waals surface area contributed by atoms with Crippen molar-refractivity contribution >= 4 is 29.4 Å². The average Bonchev–Trinajstić information content (AvgIpc) is 2.63. The Balaban J connectivity index is 2.54. The van der Waals surface area contributed by atoms with Crippen LogP contribution in [0.3, 0.4) is 0 Å². The molecule has 0 saturated carbocycles. The molecule has 2 rings (SSSR count). The van der Waals surface area contributed by atoms with Gasteiger partial charge in [-0.1, -0.05) is 6.07 Å². The van der Waals surface area contributed by atoms with Crippen molar-refractivity contribution in [1.29, 1.82) is 0 Å². The molecule has 1 aliphatic heterocycles. The number of nitrogens with zero attached hydrogens (tertiary/aromatic N) is 1. The van der Waals surface area contributed by atoms with E-state index in [-0.39, 0.29) is 5.69 Å². The summed E-state index contributed by atoms with van der Waals surface area (Å²) in [6.45, 7) is 0. The fraction of sp³-hybridized carbons (Fsp3) is 0.0909. The third-order valence-corrected chi connectivity index (χ3v) is 2.51. The number of benzene rings is 1. The molecule has 1 aliphatic rings. The van der Waals surface area contributed by atoms with E-state index in [1.807, 2.05) is 0 Å². The van der Waals surface area contributed by atoms with E-state index in [4.69, 9.17) is 0 Å². The molecule has 7 nitrogen and oxygen atoms in total. The highest BCUT2D eigenvalue weighted by atomic mass is 19.4. The first-order chi connectivity index (χ1) is 9.70. The number of anilines is 1. The largest absolute Gasteiger partial charge is 0.417 e. The summed E-state index contributed by atoms with van der Waals surface area (Å²) in [5, 5.41) is 3.68. The molecule has 1 aromatic carbocycles. The standard InChI is InChI=1S/C11H7F3N4O3/c12-11(13,14)4-2-1-3-5-6(4)7(8(19)16-5)17-10(21)18-9(15)20/h1-3H,(H4,15,16,17,18,19,20,21). The summed E-state index contributed by atoms with van der Waals surface area (Å²) < 4.78 is 38.8. The lowest BCUT2D eigenvalue weighted by atomic mass is 10.0. The summed E-state index contributed by atoms with van der Waals surface area (Å²) in [6.07, 6.45) is -4.74. The Morgan fingerprint density at radius 1 is 1.29 bits per heavy atom. The highest BCUT2D eigenvalue weighted by Crippen LogP contribution is 2.37. The summed E-state index contributed by atoms with van der Waals surface area (Å²) in [6, 6.07) is 0.510. The number of urea groups is 2. The van der Waals surface area contributed by atoms with Gasteiger partial charge in [0, 0.05) is 5.56 Å². The lowest BCUT2D eigenvalue weighted by Crippen LogP contribution is -2.34. The molecular weight excluding hydrogens is 293 g/mol. The maximum Gasteiger partial charge on any atom is 0.417 e. The predicted molar refractivity (Wildman–Crippen MR) is 64.7 cm³/mol. The number of carbonyl (C=O) groups is 3. The Kier molecular flexibility index (Phi) is 3.37. The van der Waals surface area contributed by atoms with Crippen LogP contribution in [0.15, 0.2) is 23.2 Å². The van der Waals surface area contributed by atoms with E-state index in [1.54, 1.807) is 0 Å². The van der Waals surface area contributed by atoms with Crippen LogP contribution in [-0.2, 0) is 11.0 Å². The van der Waals surface area contributed by atoms with Gasteiger partial charge in [0.05, 0.1) is 11.3 Å². The van der Waals surface area contributed by atoms with Crippen LogP contribution in [0, 0.1) is 0 Å². The number of hydrogen-bond acceptors (Lipinski definition) is 3.